The van der Waals surface area contributed by atoms with Gasteiger partial charge in [-0.3, -0.25) is 5.32 Å². The summed E-state index contributed by atoms with van der Waals surface area (Å²) in [6, 6.07) is 13.2. The van der Waals surface area contributed by atoms with Crippen LogP contribution in [0.4, 0.5) is 20.0 Å². The third-order valence-electron chi connectivity index (χ3n) is 3.17. The summed E-state index contributed by atoms with van der Waals surface area (Å²) in [6.07, 6.45) is 0. The van der Waals surface area contributed by atoms with Crippen molar-refractivity contribution in [2.75, 3.05) is 10.6 Å². The van der Waals surface area contributed by atoms with Gasteiger partial charge in [-0.1, -0.05) is 29.8 Å². The summed E-state index contributed by atoms with van der Waals surface area (Å²) in [4.78, 5) is 16.3. The number of amides is 2. The minimum atomic E-state index is -0.415. The maximum Gasteiger partial charge on any atom is 0.325 e. The van der Waals surface area contributed by atoms with Gasteiger partial charge in [-0.05, 0) is 31.2 Å². The predicted octanol–water partition coefficient (Wildman–Crippen LogP) is 4.90. The van der Waals surface area contributed by atoms with E-state index in [-0.39, 0.29) is 5.82 Å². The number of nitrogens with zero attached hydrogens (tertiary/aromatic N) is 1. The molecule has 1 aromatic heterocycles. The van der Waals surface area contributed by atoms with Crippen molar-refractivity contribution in [2.45, 2.75) is 6.92 Å². The van der Waals surface area contributed by atoms with Crippen molar-refractivity contribution < 1.29 is 9.18 Å². The van der Waals surface area contributed by atoms with Gasteiger partial charge in [-0.25, -0.2) is 14.2 Å². The van der Waals surface area contributed by atoms with Gasteiger partial charge in [0.15, 0.2) is 5.13 Å². The van der Waals surface area contributed by atoms with Crippen LogP contribution in [0.15, 0.2) is 53.9 Å². The molecule has 3 aromatic rings. The van der Waals surface area contributed by atoms with E-state index in [1.54, 1.807) is 0 Å². The van der Waals surface area contributed by atoms with Gasteiger partial charge in [0.2, 0.25) is 0 Å². The highest BCUT2D eigenvalue weighted by Crippen LogP contribution is 2.25. The first-order valence-electron chi connectivity index (χ1n) is 6.96. The summed E-state index contributed by atoms with van der Waals surface area (Å²) in [5.41, 5.74) is 3.51. The molecule has 116 valence electrons. The third kappa shape index (κ3) is 3.92. The zero-order valence-corrected chi connectivity index (χ0v) is 13.2. The largest absolute Gasteiger partial charge is 0.325 e. The van der Waals surface area contributed by atoms with Crippen LogP contribution in [0.3, 0.4) is 0 Å². The van der Waals surface area contributed by atoms with Crippen LogP contribution in [0.2, 0.25) is 0 Å². The molecule has 0 fully saturated rings. The summed E-state index contributed by atoms with van der Waals surface area (Å²) in [5.74, 6) is -0.348. The monoisotopic (exact) mass is 327 g/mol. The van der Waals surface area contributed by atoms with E-state index in [1.165, 1.54) is 41.2 Å². The summed E-state index contributed by atoms with van der Waals surface area (Å²) in [5, 5.41) is 7.68. The van der Waals surface area contributed by atoms with E-state index in [9.17, 15) is 9.18 Å². The van der Waals surface area contributed by atoms with Gasteiger partial charge in [-0.2, -0.15) is 0 Å². The molecule has 0 aliphatic rings. The van der Waals surface area contributed by atoms with Crippen LogP contribution in [-0.4, -0.2) is 11.0 Å². The van der Waals surface area contributed by atoms with Crippen molar-refractivity contribution in [3.8, 4) is 11.3 Å². The molecule has 2 amide bonds. The van der Waals surface area contributed by atoms with E-state index in [1.807, 2.05) is 36.6 Å². The van der Waals surface area contributed by atoms with E-state index < -0.39 is 6.03 Å². The molecule has 0 aliphatic heterocycles. The van der Waals surface area contributed by atoms with Crippen molar-refractivity contribution in [3.63, 3.8) is 0 Å². The quantitative estimate of drug-likeness (QED) is 0.719. The molecule has 2 aromatic carbocycles. The highest BCUT2D eigenvalue weighted by molar-refractivity contribution is 7.14. The fourth-order valence-corrected chi connectivity index (χ4v) is 2.70. The van der Waals surface area contributed by atoms with Crippen molar-refractivity contribution in [1.29, 1.82) is 0 Å². The van der Waals surface area contributed by atoms with Crippen LogP contribution in [0.1, 0.15) is 5.56 Å². The minimum absolute atomic E-state index is 0.348. The number of carbonyl (C=O) groups excluding carboxylic acids is 1. The highest BCUT2D eigenvalue weighted by Gasteiger charge is 2.08. The normalized spacial score (nSPS) is 10.3. The number of aryl methyl sites for hydroxylation is 1. The van der Waals surface area contributed by atoms with Crippen LogP contribution in [0.25, 0.3) is 11.3 Å². The molecule has 0 spiro atoms. The number of nitrogens with one attached hydrogen (secondary N) is 2. The zero-order chi connectivity index (χ0) is 16.2. The molecular weight excluding hydrogens is 313 g/mol. The zero-order valence-electron chi connectivity index (χ0n) is 12.3. The molecular formula is C17H14FN3OS. The van der Waals surface area contributed by atoms with E-state index in [2.05, 4.69) is 15.6 Å². The lowest BCUT2D eigenvalue weighted by atomic mass is 10.1. The van der Waals surface area contributed by atoms with Crippen molar-refractivity contribution in [1.82, 2.24) is 4.98 Å². The van der Waals surface area contributed by atoms with Crippen molar-refractivity contribution >= 4 is 28.2 Å². The highest BCUT2D eigenvalue weighted by atomic mass is 32.1. The van der Waals surface area contributed by atoms with Gasteiger partial charge in [0.05, 0.1) is 5.69 Å². The number of hydrogen-bond acceptors (Lipinski definition) is 3. The third-order valence-corrected chi connectivity index (χ3v) is 3.93. The topological polar surface area (TPSA) is 54.0 Å². The Hall–Kier alpha value is -2.73. The molecule has 2 N–H and O–H groups in total. The first-order valence-corrected chi connectivity index (χ1v) is 7.84. The van der Waals surface area contributed by atoms with Crippen molar-refractivity contribution in [2.24, 2.45) is 0 Å². The molecule has 3 rings (SSSR count). The fraction of sp³-hybridized carbons (Fsp3) is 0.0588. The number of anilines is 2. The van der Waals surface area contributed by atoms with Gasteiger partial charge < -0.3 is 5.32 Å². The average molecular weight is 327 g/mol. The molecule has 4 nitrogen and oxygen atoms in total. The van der Waals surface area contributed by atoms with Gasteiger partial charge in [-0.15, -0.1) is 11.3 Å². The van der Waals surface area contributed by atoms with E-state index in [4.69, 9.17) is 0 Å². The molecule has 0 saturated heterocycles. The van der Waals surface area contributed by atoms with Crippen LogP contribution >= 0.6 is 11.3 Å². The van der Waals surface area contributed by atoms with Gasteiger partial charge in [0.1, 0.15) is 5.82 Å². The number of benzene rings is 2. The number of thiazole rings is 1. The molecule has 0 aliphatic carbocycles. The molecule has 0 atom stereocenters. The summed E-state index contributed by atoms with van der Waals surface area (Å²) in [7, 11) is 0. The van der Waals surface area contributed by atoms with E-state index in [0.29, 0.717) is 10.8 Å². The Labute approximate surface area is 137 Å². The molecule has 0 bridgehead atoms. The van der Waals surface area contributed by atoms with E-state index >= 15 is 0 Å². The predicted molar refractivity (Wildman–Crippen MR) is 91.3 cm³/mol. The van der Waals surface area contributed by atoms with Crippen LogP contribution in [-0.2, 0) is 0 Å². The van der Waals surface area contributed by atoms with Crippen LogP contribution in [0.5, 0.6) is 0 Å². The Balaban J connectivity index is 1.65. The Kier molecular flexibility index (Phi) is 4.34. The van der Waals surface area contributed by atoms with Gasteiger partial charge in [0, 0.05) is 16.6 Å². The lowest BCUT2D eigenvalue weighted by molar-refractivity contribution is 0.262. The number of rotatable bonds is 3. The maximum atomic E-state index is 12.8. The Bertz CT molecular complexity index is 813. The van der Waals surface area contributed by atoms with Gasteiger partial charge >= 0.3 is 6.03 Å². The van der Waals surface area contributed by atoms with Crippen LogP contribution < -0.4 is 10.6 Å². The Morgan fingerprint density at radius 2 is 1.74 bits per heavy atom. The maximum absolute atomic E-state index is 12.8. The lowest BCUT2D eigenvalue weighted by Crippen LogP contribution is -2.19. The number of hydrogen-bond donors (Lipinski definition) is 2. The second kappa shape index (κ2) is 6.58. The number of aromatic nitrogens is 1. The van der Waals surface area contributed by atoms with Gasteiger partial charge in [0.25, 0.3) is 0 Å². The molecule has 0 saturated carbocycles. The fourth-order valence-electron chi connectivity index (χ4n) is 1.98. The SMILES string of the molecule is Cc1ccc(-c2csc(NC(=O)Nc3ccc(F)cc3)n2)cc1. The molecule has 6 heteroatoms. The summed E-state index contributed by atoms with van der Waals surface area (Å²) < 4.78 is 12.8. The van der Waals surface area contributed by atoms with Crippen LogP contribution in [0, 0.1) is 12.7 Å². The Morgan fingerprint density at radius 3 is 2.43 bits per heavy atom. The first-order chi connectivity index (χ1) is 11.1. The van der Waals surface area contributed by atoms with E-state index in [0.717, 1.165) is 11.3 Å². The summed E-state index contributed by atoms with van der Waals surface area (Å²) in [6.45, 7) is 2.03. The second-order valence-electron chi connectivity index (χ2n) is 4.99. The molecule has 23 heavy (non-hydrogen) atoms. The standard InChI is InChI=1S/C17H14FN3OS/c1-11-2-4-12(5-3-11)15-10-23-17(20-15)21-16(22)19-14-8-6-13(18)7-9-14/h2-10H,1H3,(H2,19,20,21,22). The number of halogens is 1. The smallest absolute Gasteiger partial charge is 0.308 e. The van der Waals surface area contributed by atoms with Crippen molar-refractivity contribution in [3.05, 3.63) is 65.3 Å². The number of carbonyl (C=O) groups is 1. The Morgan fingerprint density at radius 1 is 1.04 bits per heavy atom. The summed E-state index contributed by atoms with van der Waals surface area (Å²) >= 11 is 1.35. The first kappa shape index (κ1) is 15.2. The minimum Gasteiger partial charge on any atom is -0.308 e. The molecule has 1 heterocycles. The number of urea groups is 1. The molecule has 0 radical (unpaired) electrons. The second-order valence-corrected chi connectivity index (χ2v) is 5.85. The average Bonchev–Trinajstić information content (AvgIpc) is 2.98. The lowest BCUT2D eigenvalue weighted by Gasteiger charge is -2.05. The molecule has 0 unspecified atom stereocenters.